The average molecular weight is 313 g/mol. The molecule has 0 aromatic heterocycles. The smallest absolute Gasteiger partial charge is 0.133 e. The van der Waals surface area contributed by atoms with Gasteiger partial charge >= 0.3 is 0 Å². The van der Waals surface area contributed by atoms with Gasteiger partial charge in [0, 0.05) is 4.86 Å². The van der Waals surface area contributed by atoms with Gasteiger partial charge in [-0.05, 0) is 58.3 Å². The minimum absolute atomic E-state index is 0.536. The molecular formula is C14H17BrOS. The number of thiocarbonyl (C=S) groups is 1. The normalized spacial score (nSPS) is 15.1. The molecule has 1 nitrogen and oxygen atoms in total. The van der Waals surface area contributed by atoms with E-state index in [2.05, 4.69) is 41.9 Å². The second-order valence-electron chi connectivity index (χ2n) is 4.99. The van der Waals surface area contributed by atoms with Gasteiger partial charge in [-0.25, -0.2) is 0 Å². The summed E-state index contributed by atoms with van der Waals surface area (Å²) >= 11 is 9.00. The molecule has 2 rings (SSSR count). The fourth-order valence-corrected chi connectivity index (χ4v) is 2.46. The Morgan fingerprint density at radius 1 is 1.47 bits per heavy atom. The molecule has 3 heteroatoms. The van der Waals surface area contributed by atoms with Crippen molar-refractivity contribution in [2.75, 3.05) is 6.61 Å². The number of ether oxygens (including phenoxy) is 1. The van der Waals surface area contributed by atoms with Gasteiger partial charge in [-0.2, -0.15) is 0 Å². The van der Waals surface area contributed by atoms with E-state index in [-0.39, 0.29) is 0 Å². The van der Waals surface area contributed by atoms with Gasteiger partial charge in [0.15, 0.2) is 0 Å². The fraction of sp³-hybridized carbons (Fsp3) is 0.500. The molecule has 0 heterocycles. The highest BCUT2D eigenvalue weighted by molar-refractivity contribution is 9.10. The van der Waals surface area contributed by atoms with E-state index < -0.39 is 0 Å². The molecule has 0 spiro atoms. The minimum atomic E-state index is 0.536. The van der Waals surface area contributed by atoms with Crippen molar-refractivity contribution in [1.82, 2.24) is 0 Å². The summed E-state index contributed by atoms with van der Waals surface area (Å²) in [4.78, 5) is 1.10. The van der Waals surface area contributed by atoms with Gasteiger partial charge in [0.2, 0.25) is 0 Å². The molecule has 1 aliphatic rings. The Morgan fingerprint density at radius 3 is 2.71 bits per heavy atom. The van der Waals surface area contributed by atoms with Crippen LogP contribution in [0.3, 0.4) is 0 Å². The molecule has 0 radical (unpaired) electrons. The van der Waals surface area contributed by atoms with Gasteiger partial charge in [0.1, 0.15) is 5.75 Å². The highest BCUT2D eigenvalue weighted by Gasteiger charge is 2.27. The first-order chi connectivity index (χ1) is 8.08. The molecule has 0 saturated heterocycles. The zero-order valence-corrected chi connectivity index (χ0v) is 12.6. The molecule has 92 valence electrons. The molecule has 0 N–H and O–H groups in total. The minimum Gasteiger partial charge on any atom is -0.492 e. The van der Waals surface area contributed by atoms with Crippen molar-refractivity contribution in [3.05, 3.63) is 28.2 Å². The van der Waals surface area contributed by atoms with Gasteiger partial charge in [-0.15, -0.1) is 0 Å². The van der Waals surface area contributed by atoms with E-state index in [0.29, 0.717) is 11.8 Å². The lowest BCUT2D eigenvalue weighted by molar-refractivity contribution is 0.269. The maximum absolute atomic E-state index is 5.72. The quantitative estimate of drug-likeness (QED) is 0.580. The van der Waals surface area contributed by atoms with E-state index in [4.69, 9.17) is 17.0 Å². The summed E-state index contributed by atoms with van der Waals surface area (Å²) in [5.41, 5.74) is 1.16. The number of hydrogen-bond acceptors (Lipinski definition) is 2. The van der Waals surface area contributed by atoms with Crippen molar-refractivity contribution < 1.29 is 4.74 Å². The van der Waals surface area contributed by atoms with Gasteiger partial charge in [0.25, 0.3) is 0 Å². The number of halogens is 1. The monoisotopic (exact) mass is 312 g/mol. The maximum Gasteiger partial charge on any atom is 0.133 e. The molecule has 1 aliphatic carbocycles. The van der Waals surface area contributed by atoms with Crippen LogP contribution in [0.4, 0.5) is 0 Å². The molecule has 0 atom stereocenters. The van der Waals surface area contributed by atoms with Crippen molar-refractivity contribution in [3.8, 4) is 5.75 Å². The Morgan fingerprint density at radius 2 is 2.18 bits per heavy atom. The number of benzene rings is 1. The van der Waals surface area contributed by atoms with Gasteiger partial charge < -0.3 is 4.74 Å². The molecule has 0 unspecified atom stereocenters. The second kappa shape index (κ2) is 5.49. The predicted molar refractivity (Wildman–Crippen MR) is 78.9 cm³/mol. The zero-order chi connectivity index (χ0) is 12.4. The third-order valence-corrected chi connectivity index (χ3v) is 3.93. The highest BCUT2D eigenvalue weighted by atomic mass is 79.9. The van der Waals surface area contributed by atoms with Crippen LogP contribution in [-0.2, 0) is 0 Å². The van der Waals surface area contributed by atoms with Crippen LogP contribution in [0.5, 0.6) is 5.75 Å². The fourth-order valence-electron chi connectivity index (χ4n) is 1.61. The van der Waals surface area contributed by atoms with E-state index in [1.54, 1.807) is 0 Å². The molecule has 0 amide bonds. The third kappa shape index (κ3) is 3.52. The molecule has 17 heavy (non-hydrogen) atoms. The Kier molecular flexibility index (Phi) is 4.21. The topological polar surface area (TPSA) is 9.23 Å². The summed E-state index contributed by atoms with van der Waals surface area (Å²) in [7, 11) is 0. The van der Waals surface area contributed by atoms with E-state index in [9.17, 15) is 0 Å². The molecule has 0 aliphatic heterocycles. The first-order valence-electron chi connectivity index (χ1n) is 6.04. The lowest BCUT2D eigenvalue weighted by Gasteiger charge is -2.11. The van der Waals surface area contributed by atoms with Crippen LogP contribution in [0.15, 0.2) is 22.7 Å². The second-order valence-corrected chi connectivity index (χ2v) is 6.28. The van der Waals surface area contributed by atoms with Crippen LogP contribution < -0.4 is 4.74 Å². The largest absolute Gasteiger partial charge is 0.492 e. The van der Waals surface area contributed by atoms with Crippen molar-refractivity contribution in [2.24, 2.45) is 11.8 Å². The standard InChI is InChI=1S/C14H17BrOS/c1-9(2)8-16-13-6-5-11(7-12(13)15)14(17)10-3-4-10/h5-7,9-10H,3-4,8H2,1-2H3. The van der Waals surface area contributed by atoms with Crippen molar-refractivity contribution in [2.45, 2.75) is 26.7 Å². The summed E-state index contributed by atoms with van der Waals surface area (Å²) in [5.74, 6) is 2.08. The van der Waals surface area contributed by atoms with E-state index >= 15 is 0 Å². The zero-order valence-electron chi connectivity index (χ0n) is 10.2. The Bertz CT molecular complexity index is 424. The van der Waals surface area contributed by atoms with Gasteiger partial charge in [-0.3, -0.25) is 0 Å². The molecule has 1 aromatic rings. The molecule has 1 fully saturated rings. The summed E-state index contributed by atoms with van der Waals surface area (Å²) in [6.07, 6.45) is 2.50. The van der Waals surface area contributed by atoms with E-state index in [1.165, 1.54) is 12.8 Å². The lowest BCUT2D eigenvalue weighted by Crippen LogP contribution is -2.05. The van der Waals surface area contributed by atoms with Crippen LogP contribution in [-0.4, -0.2) is 11.5 Å². The predicted octanol–water partition coefficient (Wildman–Crippen LogP) is 4.61. The SMILES string of the molecule is CC(C)COc1ccc(C(=S)C2CC2)cc1Br. The van der Waals surface area contributed by atoms with E-state index in [1.807, 2.05) is 6.07 Å². The van der Waals surface area contributed by atoms with Crippen LogP contribution in [0.25, 0.3) is 0 Å². The van der Waals surface area contributed by atoms with Crippen LogP contribution in [0.2, 0.25) is 0 Å². The van der Waals surface area contributed by atoms with Crippen LogP contribution >= 0.6 is 28.1 Å². The first kappa shape index (κ1) is 13.0. The number of hydrogen-bond donors (Lipinski definition) is 0. The summed E-state index contributed by atoms with van der Waals surface area (Å²) in [5, 5.41) is 0. The molecule has 1 saturated carbocycles. The Labute approximate surface area is 117 Å². The highest BCUT2D eigenvalue weighted by Crippen LogP contribution is 2.35. The Balaban J connectivity index is 2.08. The average Bonchev–Trinajstić information content (AvgIpc) is 3.10. The van der Waals surface area contributed by atoms with Crippen molar-refractivity contribution in [1.29, 1.82) is 0 Å². The summed E-state index contributed by atoms with van der Waals surface area (Å²) in [6, 6.07) is 6.16. The third-order valence-electron chi connectivity index (χ3n) is 2.74. The van der Waals surface area contributed by atoms with E-state index in [0.717, 1.165) is 27.3 Å². The summed E-state index contributed by atoms with van der Waals surface area (Å²) in [6.45, 7) is 5.03. The maximum atomic E-state index is 5.72. The van der Waals surface area contributed by atoms with Gasteiger partial charge in [-0.1, -0.05) is 32.1 Å². The summed E-state index contributed by atoms with van der Waals surface area (Å²) < 4.78 is 6.72. The first-order valence-corrected chi connectivity index (χ1v) is 7.24. The van der Waals surface area contributed by atoms with Crippen LogP contribution in [0.1, 0.15) is 32.3 Å². The van der Waals surface area contributed by atoms with Crippen molar-refractivity contribution >= 4 is 33.0 Å². The molecular weight excluding hydrogens is 296 g/mol. The van der Waals surface area contributed by atoms with Gasteiger partial charge in [0.05, 0.1) is 11.1 Å². The number of rotatable bonds is 5. The lowest BCUT2D eigenvalue weighted by atomic mass is 10.1. The van der Waals surface area contributed by atoms with Crippen molar-refractivity contribution in [3.63, 3.8) is 0 Å². The molecule has 0 bridgehead atoms. The Hall–Kier alpha value is -0.410. The molecule has 1 aromatic carbocycles. The van der Waals surface area contributed by atoms with Crippen LogP contribution in [0, 0.1) is 11.8 Å².